The average Bonchev–Trinajstić information content (AvgIpc) is 2.39. The molecule has 0 aliphatic rings. The molecule has 1 rings (SSSR count). The summed E-state index contributed by atoms with van der Waals surface area (Å²) in [6, 6.07) is 7.20. The molecule has 0 spiro atoms. The summed E-state index contributed by atoms with van der Waals surface area (Å²) in [7, 11) is 1.63. The monoisotopic (exact) mass is 318 g/mol. The van der Waals surface area contributed by atoms with Crippen molar-refractivity contribution in [3.8, 4) is 0 Å². The van der Waals surface area contributed by atoms with Crippen LogP contribution in [0.2, 0.25) is 5.02 Å². The molecular weight excluding hydrogens is 304 g/mol. The lowest BCUT2D eigenvalue weighted by molar-refractivity contribution is 0.204. The van der Waals surface area contributed by atoms with Gasteiger partial charge in [0.2, 0.25) is 0 Å². The molecule has 0 saturated carbocycles. The van der Waals surface area contributed by atoms with Crippen LogP contribution in [-0.2, 0) is 4.74 Å². The summed E-state index contributed by atoms with van der Waals surface area (Å²) in [5, 5.41) is 7.43. The first-order chi connectivity index (χ1) is 9.11. The summed E-state index contributed by atoms with van der Waals surface area (Å²) >= 11 is 15.9. The molecule has 0 saturated heterocycles. The van der Waals surface area contributed by atoms with Gasteiger partial charge in [-0.25, -0.2) is 0 Å². The third kappa shape index (κ3) is 7.12. The van der Waals surface area contributed by atoms with Crippen LogP contribution < -0.4 is 21.5 Å². The summed E-state index contributed by atoms with van der Waals surface area (Å²) < 4.78 is 4.89. The predicted molar refractivity (Wildman–Crippen MR) is 86.4 cm³/mol. The van der Waals surface area contributed by atoms with E-state index >= 15 is 0 Å². The third-order valence-electron chi connectivity index (χ3n) is 1.98. The van der Waals surface area contributed by atoms with Crippen LogP contribution in [-0.4, -0.2) is 30.5 Å². The first kappa shape index (κ1) is 15.9. The van der Waals surface area contributed by atoms with Gasteiger partial charge in [0.1, 0.15) is 0 Å². The molecule has 0 aromatic heterocycles. The highest BCUT2D eigenvalue weighted by molar-refractivity contribution is 7.80. The Balaban J connectivity index is 2.24. The van der Waals surface area contributed by atoms with E-state index < -0.39 is 0 Å². The lowest BCUT2D eigenvalue weighted by Gasteiger charge is -2.14. The van der Waals surface area contributed by atoms with Crippen molar-refractivity contribution in [1.82, 2.24) is 16.2 Å². The molecule has 8 heteroatoms. The van der Waals surface area contributed by atoms with Gasteiger partial charge in [0, 0.05) is 24.4 Å². The molecule has 0 bridgehead atoms. The average molecular weight is 319 g/mol. The second kappa shape index (κ2) is 8.87. The molecule has 104 valence electrons. The quantitative estimate of drug-likeness (QED) is 0.382. The van der Waals surface area contributed by atoms with Crippen LogP contribution in [0.1, 0.15) is 0 Å². The van der Waals surface area contributed by atoms with E-state index in [1.165, 1.54) is 0 Å². The minimum atomic E-state index is 0.401. The minimum absolute atomic E-state index is 0.401. The largest absolute Gasteiger partial charge is 0.383 e. The van der Waals surface area contributed by atoms with E-state index in [2.05, 4.69) is 21.5 Å². The number of ether oxygens (including phenoxy) is 1. The minimum Gasteiger partial charge on any atom is -0.383 e. The van der Waals surface area contributed by atoms with Crippen molar-refractivity contribution in [3.63, 3.8) is 0 Å². The second-order valence-electron chi connectivity index (χ2n) is 3.46. The summed E-state index contributed by atoms with van der Waals surface area (Å²) in [4.78, 5) is 0. The van der Waals surface area contributed by atoms with Gasteiger partial charge in [-0.1, -0.05) is 11.6 Å². The third-order valence-corrected chi connectivity index (χ3v) is 2.69. The number of nitrogens with one attached hydrogen (secondary N) is 4. The van der Waals surface area contributed by atoms with Gasteiger partial charge >= 0.3 is 0 Å². The van der Waals surface area contributed by atoms with E-state index in [1.807, 2.05) is 12.1 Å². The second-order valence-corrected chi connectivity index (χ2v) is 4.71. The lowest BCUT2D eigenvalue weighted by Crippen LogP contribution is -2.48. The zero-order valence-corrected chi connectivity index (χ0v) is 12.7. The fraction of sp³-hybridized carbons (Fsp3) is 0.273. The van der Waals surface area contributed by atoms with Gasteiger partial charge in [-0.05, 0) is 48.7 Å². The predicted octanol–water partition coefficient (Wildman–Crippen LogP) is 1.65. The molecule has 0 atom stereocenters. The van der Waals surface area contributed by atoms with Gasteiger partial charge < -0.3 is 15.4 Å². The molecule has 4 N–H and O–H groups in total. The van der Waals surface area contributed by atoms with Crippen molar-refractivity contribution in [2.24, 2.45) is 0 Å². The summed E-state index contributed by atoms with van der Waals surface area (Å²) in [5.41, 5.74) is 6.36. The van der Waals surface area contributed by atoms with Crippen LogP contribution in [0.4, 0.5) is 5.69 Å². The van der Waals surface area contributed by atoms with Crippen molar-refractivity contribution in [2.45, 2.75) is 0 Å². The van der Waals surface area contributed by atoms with Crippen LogP contribution in [0.15, 0.2) is 24.3 Å². The van der Waals surface area contributed by atoms with Crippen LogP contribution >= 0.6 is 36.0 Å². The highest BCUT2D eigenvalue weighted by atomic mass is 35.5. The Kier molecular flexibility index (Phi) is 7.42. The van der Waals surface area contributed by atoms with Crippen LogP contribution in [0.5, 0.6) is 0 Å². The molecule has 0 heterocycles. The fourth-order valence-electron chi connectivity index (χ4n) is 1.12. The number of halogens is 1. The first-order valence-electron chi connectivity index (χ1n) is 5.47. The molecule has 1 aromatic rings. The lowest BCUT2D eigenvalue weighted by atomic mass is 10.3. The summed E-state index contributed by atoms with van der Waals surface area (Å²) in [6.07, 6.45) is 0. The maximum atomic E-state index is 5.79. The topological polar surface area (TPSA) is 57.4 Å². The first-order valence-corrected chi connectivity index (χ1v) is 6.66. The highest BCUT2D eigenvalue weighted by Gasteiger charge is 1.98. The number of benzene rings is 1. The zero-order chi connectivity index (χ0) is 14.1. The van der Waals surface area contributed by atoms with Crippen molar-refractivity contribution in [2.75, 3.05) is 25.6 Å². The van der Waals surface area contributed by atoms with Crippen LogP contribution in [0.25, 0.3) is 0 Å². The Morgan fingerprint density at radius 1 is 1.16 bits per heavy atom. The molecule has 19 heavy (non-hydrogen) atoms. The Labute approximate surface area is 128 Å². The van der Waals surface area contributed by atoms with E-state index in [-0.39, 0.29) is 0 Å². The van der Waals surface area contributed by atoms with Gasteiger partial charge in [0.25, 0.3) is 0 Å². The van der Waals surface area contributed by atoms with Gasteiger partial charge in [0.05, 0.1) is 6.61 Å². The van der Waals surface area contributed by atoms with Crippen molar-refractivity contribution in [3.05, 3.63) is 29.3 Å². The molecule has 1 aromatic carbocycles. The zero-order valence-electron chi connectivity index (χ0n) is 10.3. The molecule has 0 radical (unpaired) electrons. The maximum Gasteiger partial charge on any atom is 0.189 e. The molecule has 0 fully saturated rings. The number of anilines is 1. The van der Waals surface area contributed by atoms with E-state index in [1.54, 1.807) is 19.2 Å². The SMILES string of the molecule is COCCNC(=S)NNC(=S)Nc1ccc(Cl)cc1. The molecule has 0 aliphatic carbocycles. The van der Waals surface area contributed by atoms with Crippen LogP contribution in [0.3, 0.4) is 0 Å². The Morgan fingerprint density at radius 2 is 1.79 bits per heavy atom. The van der Waals surface area contributed by atoms with E-state index in [9.17, 15) is 0 Å². The number of rotatable bonds is 4. The number of hydrogen-bond acceptors (Lipinski definition) is 3. The highest BCUT2D eigenvalue weighted by Crippen LogP contribution is 2.12. The smallest absolute Gasteiger partial charge is 0.189 e. The normalized spacial score (nSPS) is 9.58. The Hall–Kier alpha value is -1.15. The number of thiocarbonyl (C=S) groups is 2. The van der Waals surface area contributed by atoms with E-state index in [0.29, 0.717) is 28.4 Å². The number of hydrogen-bond donors (Lipinski definition) is 4. The summed E-state index contributed by atoms with van der Waals surface area (Å²) in [6.45, 7) is 1.21. The van der Waals surface area contributed by atoms with Gasteiger partial charge in [-0.15, -0.1) is 0 Å². The molecule has 0 amide bonds. The molecule has 0 unspecified atom stereocenters. The number of hydrazine groups is 1. The standard InChI is InChI=1S/C11H15ClN4OS2/c1-17-7-6-13-10(18)15-16-11(19)14-9-4-2-8(12)3-5-9/h2-5H,6-7H2,1H3,(H2,13,15,18)(H2,14,16,19). The van der Waals surface area contributed by atoms with Gasteiger partial charge in [0.15, 0.2) is 10.2 Å². The van der Waals surface area contributed by atoms with Gasteiger partial charge in [-0.3, -0.25) is 10.9 Å². The van der Waals surface area contributed by atoms with E-state index in [0.717, 1.165) is 5.69 Å². The summed E-state index contributed by atoms with van der Waals surface area (Å²) in [5.74, 6) is 0. The van der Waals surface area contributed by atoms with Gasteiger partial charge in [-0.2, -0.15) is 0 Å². The van der Waals surface area contributed by atoms with Crippen molar-refractivity contribution < 1.29 is 4.74 Å². The van der Waals surface area contributed by atoms with Crippen molar-refractivity contribution in [1.29, 1.82) is 0 Å². The molecular formula is C11H15ClN4OS2. The van der Waals surface area contributed by atoms with E-state index in [4.69, 9.17) is 40.8 Å². The molecule has 5 nitrogen and oxygen atoms in total. The number of methoxy groups -OCH3 is 1. The fourth-order valence-corrected chi connectivity index (χ4v) is 1.57. The molecule has 0 aliphatic heterocycles. The Morgan fingerprint density at radius 3 is 2.42 bits per heavy atom. The van der Waals surface area contributed by atoms with Crippen LogP contribution in [0, 0.1) is 0 Å². The van der Waals surface area contributed by atoms with Crippen molar-refractivity contribution >= 4 is 51.9 Å². The maximum absolute atomic E-state index is 5.79. The Bertz CT molecular complexity index is 427.